The van der Waals surface area contributed by atoms with Gasteiger partial charge in [-0.15, -0.1) is 0 Å². The van der Waals surface area contributed by atoms with E-state index in [4.69, 9.17) is 0 Å². The van der Waals surface area contributed by atoms with Gasteiger partial charge in [0.25, 0.3) is 0 Å². The van der Waals surface area contributed by atoms with E-state index in [2.05, 4.69) is 19.2 Å². The average molecular weight is 528 g/mol. The predicted molar refractivity (Wildman–Crippen MR) is 160 cm³/mol. The van der Waals surface area contributed by atoms with Crippen molar-refractivity contribution in [2.24, 2.45) is 17.8 Å². The van der Waals surface area contributed by atoms with E-state index in [0.29, 0.717) is 41.7 Å². The van der Waals surface area contributed by atoms with E-state index in [1.54, 1.807) is 0 Å². The molecular weight excluding hydrogens is 474 g/mol. The lowest BCUT2D eigenvalue weighted by atomic mass is 9.76. The molecule has 1 aliphatic rings. The predicted octanol–water partition coefficient (Wildman–Crippen LogP) is 7.95. The largest absolute Gasteiger partial charge is 0.326 e. The van der Waals surface area contributed by atoms with Crippen molar-refractivity contribution in [3.63, 3.8) is 0 Å². The van der Waals surface area contributed by atoms with Crippen LogP contribution in [-0.4, -0.2) is 28.8 Å². The molecule has 0 aliphatic heterocycles. The summed E-state index contributed by atoms with van der Waals surface area (Å²) in [7, 11) is 0. The summed E-state index contributed by atoms with van der Waals surface area (Å²) in [4.78, 5) is 43.7. The zero-order chi connectivity index (χ0) is 28.8. The van der Waals surface area contributed by atoms with Crippen LogP contribution in [0.4, 0.5) is 17.1 Å². The van der Waals surface area contributed by atoms with Gasteiger partial charge in [0.05, 0.1) is 0 Å². The first-order valence-corrected chi connectivity index (χ1v) is 14.7. The highest BCUT2D eigenvalue weighted by Crippen LogP contribution is 2.37. The maximum absolute atomic E-state index is 13.4. The Morgan fingerprint density at radius 1 is 0.789 bits per heavy atom. The fraction of sp³-hybridized carbons (Fsp3) is 0.719. The quantitative estimate of drug-likeness (QED) is 0.354. The Labute approximate surface area is 231 Å². The first kappa shape index (κ1) is 31.8. The summed E-state index contributed by atoms with van der Waals surface area (Å²) in [6, 6.07) is 5.72. The summed E-state index contributed by atoms with van der Waals surface area (Å²) in [5.74, 6) is 1.40. The van der Waals surface area contributed by atoms with Crippen LogP contribution < -0.4 is 15.1 Å². The number of hydrogen-bond donors (Lipinski definition) is 1. The minimum absolute atomic E-state index is 0.0157. The SMILES string of the molecule is CCCC(=O)N(c1cc(NC(=O)[C@H]2CC[C@H](C(C)C)CC2)cc(N(C(=O)CCC)C(C)(C)C)c1)C(C)(C)C. The summed E-state index contributed by atoms with van der Waals surface area (Å²) in [6.07, 6.45) is 6.30. The van der Waals surface area contributed by atoms with Gasteiger partial charge < -0.3 is 15.1 Å². The van der Waals surface area contributed by atoms with Crippen LogP contribution in [0.15, 0.2) is 18.2 Å². The number of carbonyl (C=O) groups is 3. The molecule has 0 radical (unpaired) electrons. The van der Waals surface area contributed by atoms with Crippen LogP contribution in [0, 0.1) is 17.8 Å². The van der Waals surface area contributed by atoms with Gasteiger partial charge in [-0.3, -0.25) is 14.4 Å². The Balaban J connectivity index is 2.56. The molecule has 0 saturated heterocycles. The third-order valence-corrected chi connectivity index (χ3v) is 7.54. The molecule has 1 saturated carbocycles. The number of nitrogens with zero attached hydrogens (tertiary/aromatic N) is 2. The molecule has 2 rings (SSSR count). The molecule has 1 fully saturated rings. The van der Waals surface area contributed by atoms with Gasteiger partial charge >= 0.3 is 0 Å². The highest BCUT2D eigenvalue weighted by Gasteiger charge is 2.33. The van der Waals surface area contributed by atoms with Crippen LogP contribution in [0.5, 0.6) is 0 Å². The van der Waals surface area contributed by atoms with Crippen LogP contribution in [0.2, 0.25) is 0 Å². The normalized spacial score (nSPS) is 18.3. The highest BCUT2D eigenvalue weighted by atomic mass is 16.2. The van der Waals surface area contributed by atoms with Gasteiger partial charge in [-0.2, -0.15) is 0 Å². The number of anilines is 3. The summed E-state index contributed by atoms with van der Waals surface area (Å²) in [6.45, 7) is 20.6. The topological polar surface area (TPSA) is 69.7 Å². The molecule has 214 valence electrons. The van der Waals surface area contributed by atoms with E-state index in [9.17, 15) is 14.4 Å². The summed E-state index contributed by atoms with van der Waals surface area (Å²) >= 11 is 0. The monoisotopic (exact) mass is 527 g/mol. The zero-order valence-corrected chi connectivity index (χ0v) is 25.7. The van der Waals surface area contributed by atoms with Crippen molar-refractivity contribution in [1.82, 2.24) is 0 Å². The summed E-state index contributed by atoms with van der Waals surface area (Å²) in [5.41, 5.74) is 1.09. The fourth-order valence-electron chi connectivity index (χ4n) is 5.68. The van der Waals surface area contributed by atoms with Crippen LogP contribution in [0.3, 0.4) is 0 Å². The van der Waals surface area contributed by atoms with Crippen molar-refractivity contribution < 1.29 is 14.4 Å². The Kier molecular flexibility index (Phi) is 11.0. The van der Waals surface area contributed by atoms with Crippen molar-refractivity contribution in [2.45, 2.75) is 132 Å². The third kappa shape index (κ3) is 8.31. The number of carbonyl (C=O) groups excluding carboxylic acids is 3. The highest BCUT2D eigenvalue weighted by molar-refractivity contribution is 6.01. The second kappa shape index (κ2) is 13.1. The number of hydrogen-bond acceptors (Lipinski definition) is 3. The van der Waals surface area contributed by atoms with Crippen LogP contribution >= 0.6 is 0 Å². The van der Waals surface area contributed by atoms with E-state index < -0.39 is 11.1 Å². The third-order valence-electron chi connectivity index (χ3n) is 7.54. The maximum atomic E-state index is 13.4. The van der Waals surface area contributed by atoms with Gasteiger partial charge in [-0.1, -0.05) is 27.7 Å². The molecule has 0 spiro atoms. The fourth-order valence-corrected chi connectivity index (χ4v) is 5.68. The van der Waals surface area contributed by atoms with Crippen molar-refractivity contribution >= 4 is 34.8 Å². The van der Waals surface area contributed by atoms with E-state index in [1.165, 1.54) is 0 Å². The first-order valence-electron chi connectivity index (χ1n) is 14.7. The van der Waals surface area contributed by atoms with Crippen LogP contribution in [-0.2, 0) is 14.4 Å². The van der Waals surface area contributed by atoms with Crippen molar-refractivity contribution in [3.8, 4) is 0 Å². The Morgan fingerprint density at radius 2 is 1.21 bits per heavy atom. The van der Waals surface area contributed by atoms with Crippen molar-refractivity contribution in [2.75, 3.05) is 15.1 Å². The molecular formula is C32H53N3O3. The van der Waals surface area contributed by atoms with Crippen LogP contribution in [0.25, 0.3) is 0 Å². The Bertz CT molecular complexity index is 909. The first-order chi connectivity index (χ1) is 17.6. The Morgan fingerprint density at radius 3 is 1.55 bits per heavy atom. The molecule has 0 unspecified atom stereocenters. The number of rotatable bonds is 9. The number of benzene rings is 1. The van der Waals surface area contributed by atoms with Crippen molar-refractivity contribution in [3.05, 3.63) is 18.2 Å². The molecule has 0 heterocycles. The number of nitrogens with one attached hydrogen (secondary N) is 1. The number of amides is 3. The standard InChI is InChI=1S/C32H53N3O3/c1-11-13-28(36)34(31(5,6)7)26-19-25(33-30(38)24-17-15-23(16-18-24)22(3)4)20-27(21-26)35(32(8,9)10)29(37)14-12-2/h19-24H,11-18H2,1-10H3,(H,33,38)/t23-,24-. The van der Waals surface area contributed by atoms with Gasteiger partial charge in [0.2, 0.25) is 17.7 Å². The molecule has 38 heavy (non-hydrogen) atoms. The van der Waals surface area contributed by atoms with Gasteiger partial charge in [0.15, 0.2) is 0 Å². The Hall–Kier alpha value is -2.37. The second-order valence-corrected chi connectivity index (χ2v) is 13.4. The molecule has 6 nitrogen and oxygen atoms in total. The molecule has 1 aromatic rings. The molecule has 1 aromatic carbocycles. The van der Waals surface area contributed by atoms with E-state index in [1.807, 2.05) is 83.4 Å². The van der Waals surface area contributed by atoms with Gasteiger partial charge in [-0.25, -0.2) is 0 Å². The minimum atomic E-state index is -0.471. The lowest BCUT2D eigenvalue weighted by molar-refractivity contribution is -0.121. The van der Waals surface area contributed by atoms with Crippen LogP contribution in [0.1, 0.15) is 121 Å². The van der Waals surface area contributed by atoms with E-state index in [-0.39, 0.29) is 23.6 Å². The van der Waals surface area contributed by atoms with E-state index >= 15 is 0 Å². The summed E-state index contributed by atoms with van der Waals surface area (Å²) in [5, 5.41) is 3.18. The molecule has 1 N–H and O–H groups in total. The van der Waals surface area contributed by atoms with Gasteiger partial charge in [0, 0.05) is 46.9 Å². The maximum Gasteiger partial charge on any atom is 0.227 e. The minimum Gasteiger partial charge on any atom is -0.326 e. The molecule has 0 aromatic heterocycles. The molecule has 0 bridgehead atoms. The summed E-state index contributed by atoms with van der Waals surface area (Å²) < 4.78 is 0. The molecule has 0 atom stereocenters. The smallest absolute Gasteiger partial charge is 0.227 e. The van der Waals surface area contributed by atoms with Gasteiger partial charge in [-0.05, 0) is 110 Å². The molecule has 1 aliphatic carbocycles. The zero-order valence-electron chi connectivity index (χ0n) is 25.7. The lowest BCUT2D eigenvalue weighted by Crippen LogP contribution is -2.47. The van der Waals surface area contributed by atoms with Crippen molar-refractivity contribution in [1.29, 1.82) is 0 Å². The molecule has 6 heteroatoms. The molecule has 3 amide bonds. The van der Waals surface area contributed by atoms with Gasteiger partial charge in [0.1, 0.15) is 0 Å². The average Bonchev–Trinajstić information content (AvgIpc) is 2.77. The van der Waals surface area contributed by atoms with E-state index in [0.717, 1.165) is 38.5 Å². The second-order valence-electron chi connectivity index (χ2n) is 13.4. The lowest BCUT2D eigenvalue weighted by Gasteiger charge is -2.39.